The smallest absolute Gasteiger partial charge is 0.0896 e. The minimum atomic E-state index is 0.858. The molecule has 0 aromatic heterocycles. The number of aliphatic imine (C=N–C) groups is 2. The van der Waals surface area contributed by atoms with Gasteiger partial charge in [0.25, 0.3) is 0 Å². The second-order valence-electron chi connectivity index (χ2n) is 3.08. The third-order valence-corrected chi connectivity index (χ3v) is 3.56. The molecular formula is C11H12N2S2. The predicted molar refractivity (Wildman–Crippen MR) is 72.3 cm³/mol. The van der Waals surface area contributed by atoms with Crippen LogP contribution in [0.3, 0.4) is 0 Å². The van der Waals surface area contributed by atoms with E-state index in [9.17, 15) is 0 Å². The van der Waals surface area contributed by atoms with E-state index in [1.54, 1.807) is 23.5 Å². The van der Waals surface area contributed by atoms with Crippen LogP contribution in [0.5, 0.6) is 0 Å². The van der Waals surface area contributed by atoms with Crippen molar-refractivity contribution in [2.45, 2.75) is 6.42 Å². The molecular weight excluding hydrogens is 224 g/mol. The molecule has 4 heteroatoms. The summed E-state index contributed by atoms with van der Waals surface area (Å²) >= 11 is 3.40. The van der Waals surface area contributed by atoms with Gasteiger partial charge < -0.3 is 0 Å². The van der Waals surface area contributed by atoms with Crippen molar-refractivity contribution in [2.24, 2.45) is 9.98 Å². The Labute approximate surface area is 98.3 Å². The fourth-order valence-electron chi connectivity index (χ4n) is 1.37. The van der Waals surface area contributed by atoms with Crippen molar-refractivity contribution < 1.29 is 0 Å². The van der Waals surface area contributed by atoms with Crippen LogP contribution in [0.4, 0.5) is 11.4 Å². The van der Waals surface area contributed by atoms with E-state index in [1.807, 2.05) is 24.3 Å². The first kappa shape index (κ1) is 10.8. The lowest BCUT2D eigenvalue weighted by atomic mass is 10.3. The Morgan fingerprint density at radius 3 is 1.80 bits per heavy atom. The van der Waals surface area contributed by atoms with Crippen molar-refractivity contribution in [3.05, 3.63) is 24.3 Å². The van der Waals surface area contributed by atoms with Crippen LogP contribution < -0.4 is 0 Å². The normalized spacial score (nSPS) is 15.1. The van der Waals surface area contributed by atoms with Crippen LogP contribution >= 0.6 is 23.5 Å². The van der Waals surface area contributed by atoms with Gasteiger partial charge in [-0.3, -0.25) is 0 Å². The van der Waals surface area contributed by atoms with Crippen molar-refractivity contribution in [2.75, 3.05) is 12.5 Å². The Hall–Kier alpha value is -0.740. The highest BCUT2D eigenvalue weighted by molar-refractivity contribution is 8.15. The van der Waals surface area contributed by atoms with Gasteiger partial charge in [0.15, 0.2) is 0 Å². The van der Waals surface area contributed by atoms with Crippen LogP contribution in [0.2, 0.25) is 0 Å². The molecule has 0 aliphatic carbocycles. The fourth-order valence-corrected chi connectivity index (χ4v) is 2.40. The average Bonchev–Trinajstić information content (AvgIpc) is 2.47. The van der Waals surface area contributed by atoms with Gasteiger partial charge in [-0.15, -0.1) is 23.5 Å². The SMILES string of the molecule is CSC1=Nc2ccccc2N=C(SC)C1. The van der Waals surface area contributed by atoms with E-state index in [1.165, 1.54) is 0 Å². The largest absolute Gasteiger partial charge is 0.244 e. The highest BCUT2D eigenvalue weighted by Crippen LogP contribution is 2.33. The zero-order chi connectivity index (χ0) is 10.7. The number of para-hydroxylation sites is 2. The number of fused-ring (bicyclic) bond motifs is 1. The second-order valence-corrected chi connectivity index (χ2v) is 4.84. The van der Waals surface area contributed by atoms with Gasteiger partial charge in [-0.1, -0.05) is 12.1 Å². The lowest BCUT2D eigenvalue weighted by Gasteiger charge is -1.99. The molecule has 0 saturated carbocycles. The van der Waals surface area contributed by atoms with Crippen LogP contribution in [-0.4, -0.2) is 22.6 Å². The minimum absolute atomic E-state index is 0.858. The van der Waals surface area contributed by atoms with E-state index >= 15 is 0 Å². The summed E-state index contributed by atoms with van der Waals surface area (Å²) in [6, 6.07) is 8.02. The van der Waals surface area contributed by atoms with Gasteiger partial charge in [0.05, 0.1) is 21.5 Å². The molecule has 0 unspecified atom stereocenters. The molecule has 1 aliphatic heterocycles. The molecule has 0 bridgehead atoms. The molecule has 15 heavy (non-hydrogen) atoms. The Morgan fingerprint density at radius 2 is 1.40 bits per heavy atom. The molecule has 0 N–H and O–H groups in total. The van der Waals surface area contributed by atoms with E-state index in [4.69, 9.17) is 0 Å². The first-order valence-corrected chi connectivity index (χ1v) is 7.10. The lowest BCUT2D eigenvalue weighted by Crippen LogP contribution is -1.98. The van der Waals surface area contributed by atoms with Crippen molar-refractivity contribution >= 4 is 45.0 Å². The Bertz CT molecular complexity index is 385. The molecule has 0 spiro atoms. The molecule has 0 amide bonds. The second kappa shape index (κ2) is 4.86. The zero-order valence-corrected chi connectivity index (χ0v) is 10.4. The number of rotatable bonds is 0. The molecule has 1 aromatic carbocycles. The molecule has 1 aliphatic rings. The summed E-state index contributed by atoms with van der Waals surface area (Å²) in [5, 5.41) is 2.26. The van der Waals surface area contributed by atoms with Gasteiger partial charge in [0, 0.05) is 6.42 Å². The van der Waals surface area contributed by atoms with E-state index in [-0.39, 0.29) is 0 Å². The number of thioether (sulfide) groups is 2. The van der Waals surface area contributed by atoms with Gasteiger partial charge >= 0.3 is 0 Å². The van der Waals surface area contributed by atoms with E-state index in [0.29, 0.717) is 0 Å². The van der Waals surface area contributed by atoms with Crippen molar-refractivity contribution in [3.63, 3.8) is 0 Å². The van der Waals surface area contributed by atoms with Crippen molar-refractivity contribution in [1.29, 1.82) is 0 Å². The summed E-state index contributed by atoms with van der Waals surface area (Å²) in [6.07, 6.45) is 4.98. The van der Waals surface area contributed by atoms with Gasteiger partial charge in [0.2, 0.25) is 0 Å². The maximum Gasteiger partial charge on any atom is 0.0896 e. The van der Waals surface area contributed by atoms with Gasteiger partial charge in [-0.05, 0) is 24.6 Å². The van der Waals surface area contributed by atoms with Crippen LogP contribution in [0.15, 0.2) is 34.3 Å². The monoisotopic (exact) mass is 236 g/mol. The first-order valence-electron chi connectivity index (χ1n) is 4.65. The summed E-state index contributed by atoms with van der Waals surface area (Å²) < 4.78 is 0. The molecule has 2 nitrogen and oxygen atoms in total. The first-order chi connectivity index (χ1) is 7.33. The van der Waals surface area contributed by atoms with Crippen LogP contribution in [-0.2, 0) is 0 Å². The molecule has 1 heterocycles. The number of hydrogen-bond acceptors (Lipinski definition) is 4. The van der Waals surface area contributed by atoms with E-state index < -0.39 is 0 Å². The zero-order valence-electron chi connectivity index (χ0n) is 8.73. The highest BCUT2D eigenvalue weighted by atomic mass is 32.2. The van der Waals surface area contributed by atoms with Crippen LogP contribution in [0.1, 0.15) is 6.42 Å². The molecule has 78 valence electrons. The molecule has 0 saturated heterocycles. The highest BCUT2D eigenvalue weighted by Gasteiger charge is 2.11. The lowest BCUT2D eigenvalue weighted by molar-refractivity contribution is 1.47. The molecule has 0 atom stereocenters. The molecule has 2 rings (SSSR count). The summed E-state index contributed by atoms with van der Waals surface area (Å²) in [5.41, 5.74) is 1.96. The van der Waals surface area contributed by atoms with Crippen molar-refractivity contribution in [3.8, 4) is 0 Å². The third-order valence-electron chi connectivity index (χ3n) is 2.15. The quantitative estimate of drug-likeness (QED) is 0.683. The van der Waals surface area contributed by atoms with E-state index in [0.717, 1.165) is 27.9 Å². The average molecular weight is 236 g/mol. The Morgan fingerprint density at radius 1 is 0.933 bits per heavy atom. The number of nitrogens with zero attached hydrogens (tertiary/aromatic N) is 2. The Kier molecular flexibility index (Phi) is 3.49. The molecule has 1 aromatic rings. The predicted octanol–water partition coefficient (Wildman–Crippen LogP) is 3.88. The minimum Gasteiger partial charge on any atom is -0.244 e. The maximum atomic E-state index is 4.61. The number of hydrogen-bond donors (Lipinski definition) is 0. The summed E-state index contributed by atoms with van der Waals surface area (Å²) in [7, 11) is 0. The Balaban J connectivity index is 2.50. The standard InChI is InChI=1S/C11H12N2S2/c1-14-10-7-11(15-2)13-9-6-4-3-5-8(9)12-10/h3-6H,7H2,1-2H3. The molecule has 0 fully saturated rings. The van der Waals surface area contributed by atoms with Gasteiger partial charge in [0.1, 0.15) is 0 Å². The van der Waals surface area contributed by atoms with Gasteiger partial charge in [-0.25, -0.2) is 9.98 Å². The van der Waals surface area contributed by atoms with Crippen molar-refractivity contribution in [1.82, 2.24) is 0 Å². The number of benzene rings is 1. The van der Waals surface area contributed by atoms with E-state index in [2.05, 4.69) is 22.5 Å². The molecule has 0 radical (unpaired) electrons. The summed E-state index contributed by atoms with van der Waals surface area (Å²) in [4.78, 5) is 9.22. The van der Waals surface area contributed by atoms with Gasteiger partial charge in [-0.2, -0.15) is 0 Å². The third kappa shape index (κ3) is 2.44. The summed E-state index contributed by atoms with van der Waals surface area (Å²) in [6.45, 7) is 0. The fraction of sp³-hybridized carbons (Fsp3) is 0.273. The summed E-state index contributed by atoms with van der Waals surface area (Å²) in [5.74, 6) is 0. The topological polar surface area (TPSA) is 24.7 Å². The van der Waals surface area contributed by atoms with Crippen LogP contribution in [0, 0.1) is 0 Å². The maximum absolute atomic E-state index is 4.61. The van der Waals surface area contributed by atoms with Crippen LogP contribution in [0.25, 0.3) is 0 Å².